The molecule has 1 aliphatic rings. The van der Waals surface area contributed by atoms with Gasteiger partial charge in [-0.05, 0) is 0 Å². The molecule has 0 aromatic rings. The third-order valence-electron chi connectivity index (χ3n) is 2.43. The molecule has 0 saturated heterocycles. The summed E-state index contributed by atoms with van der Waals surface area (Å²) in [4.78, 5) is 0. The van der Waals surface area contributed by atoms with Gasteiger partial charge in [-0.25, -0.2) is 26.3 Å². The molecule has 22 heavy (non-hydrogen) atoms. The van der Waals surface area contributed by atoms with Crippen molar-refractivity contribution in [3.05, 3.63) is 0 Å². The summed E-state index contributed by atoms with van der Waals surface area (Å²) in [6, 6.07) is 0. The number of ether oxygens (including phenoxy) is 1. The number of alkyl halides is 11. The van der Waals surface area contributed by atoms with Gasteiger partial charge in [-0.1, -0.05) is 0 Å². The molecule has 1 atom stereocenters. The lowest BCUT2D eigenvalue weighted by molar-refractivity contribution is -0.303. The smallest absolute Gasteiger partial charge is 0.288 e. The van der Waals surface area contributed by atoms with Crippen LogP contribution in [0.5, 0.6) is 0 Å². The topological polar surface area (TPSA) is 9.23 Å². The van der Waals surface area contributed by atoms with Crippen molar-refractivity contribution in [3.63, 3.8) is 0 Å². The third-order valence-corrected chi connectivity index (χ3v) is 2.43. The highest BCUT2D eigenvalue weighted by molar-refractivity contribution is 4.89. The van der Waals surface area contributed by atoms with Crippen LogP contribution >= 0.6 is 0 Å². The summed E-state index contributed by atoms with van der Waals surface area (Å²) < 4.78 is 132. The van der Waals surface area contributed by atoms with Crippen molar-refractivity contribution in [3.8, 4) is 0 Å². The first-order valence-corrected chi connectivity index (χ1v) is 5.64. The standard InChI is InChI=1S/C6H7F5.C4H4F6O/c7-4-3-5(8,9)1-2-6(4,10)11;5-2-11-4(9,10)1-3(6,7)8/h4H,1-3H2;1-2H2. The first-order valence-electron chi connectivity index (χ1n) is 5.64. The zero-order valence-corrected chi connectivity index (χ0v) is 10.7. The van der Waals surface area contributed by atoms with E-state index in [1.165, 1.54) is 0 Å². The molecule has 0 aliphatic heterocycles. The van der Waals surface area contributed by atoms with E-state index in [1.54, 1.807) is 0 Å². The molecule has 1 rings (SSSR count). The van der Waals surface area contributed by atoms with Crippen LogP contribution in [0.25, 0.3) is 0 Å². The van der Waals surface area contributed by atoms with E-state index in [9.17, 15) is 48.3 Å². The Kier molecular flexibility index (Phi) is 6.91. The Morgan fingerprint density at radius 3 is 1.77 bits per heavy atom. The molecule has 0 spiro atoms. The second kappa shape index (κ2) is 7.18. The van der Waals surface area contributed by atoms with Gasteiger partial charge in [0, 0.05) is 19.3 Å². The molecule has 134 valence electrons. The number of hydrogen-bond donors (Lipinski definition) is 0. The summed E-state index contributed by atoms with van der Waals surface area (Å²) in [7, 11) is 0. The lowest BCUT2D eigenvalue weighted by Crippen LogP contribution is -2.41. The van der Waals surface area contributed by atoms with E-state index in [-0.39, 0.29) is 0 Å². The molecular formula is C10H11F11O. The summed E-state index contributed by atoms with van der Waals surface area (Å²) in [5.74, 6) is -6.80. The van der Waals surface area contributed by atoms with Crippen LogP contribution in [0.3, 0.4) is 0 Å². The van der Waals surface area contributed by atoms with Gasteiger partial charge in [-0.15, -0.1) is 0 Å². The highest BCUT2D eigenvalue weighted by Gasteiger charge is 2.52. The maximum absolute atomic E-state index is 12.2. The predicted octanol–water partition coefficient (Wildman–Crippen LogP) is 5.25. The first kappa shape index (κ1) is 21.2. The van der Waals surface area contributed by atoms with E-state index >= 15 is 0 Å². The second-order valence-corrected chi connectivity index (χ2v) is 4.47. The molecule has 1 aliphatic carbocycles. The van der Waals surface area contributed by atoms with Gasteiger partial charge < -0.3 is 0 Å². The molecule has 1 fully saturated rings. The van der Waals surface area contributed by atoms with Crippen LogP contribution < -0.4 is 0 Å². The zero-order valence-electron chi connectivity index (χ0n) is 10.7. The summed E-state index contributed by atoms with van der Waals surface area (Å²) in [5, 5.41) is 0. The summed E-state index contributed by atoms with van der Waals surface area (Å²) >= 11 is 0. The van der Waals surface area contributed by atoms with Gasteiger partial charge >= 0.3 is 12.3 Å². The van der Waals surface area contributed by atoms with Crippen LogP contribution in [-0.4, -0.2) is 37.2 Å². The lowest BCUT2D eigenvalue weighted by atomic mass is 9.92. The monoisotopic (exact) mass is 356 g/mol. The largest absolute Gasteiger partial charge is 0.397 e. The molecule has 0 amide bonds. The van der Waals surface area contributed by atoms with E-state index in [1.807, 2.05) is 0 Å². The third kappa shape index (κ3) is 8.59. The van der Waals surface area contributed by atoms with Crippen LogP contribution in [0.1, 0.15) is 25.7 Å². The van der Waals surface area contributed by atoms with Crippen molar-refractivity contribution in [2.45, 2.75) is 56.0 Å². The van der Waals surface area contributed by atoms with E-state index in [4.69, 9.17) is 0 Å². The van der Waals surface area contributed by atoms with Gasteiger partial charge in [0.05, 0.1) is 0 Å². The molecule has 0 radical (unpaired) electrons. The SMILES string of the molecule is FC1CC(F)(F)CCC1(F)F.FCOC(F)(F)CC(F)(F)F. The molecule has 0 aromatic carbocycles. The van der Waals surface area contributed by atoms with Gasteiger partial charge in [0.1, 0.15) is 6.42 Å². The van der Waals surface area contributed by atoms with Crippen LogP contribution in [0, 0.1) is 0 Å². The number of rotatable bonds is 3. The maximum Gasteiger partial charge on any atom is 0.397 e. The summed E-state index contributed by atoms with van der Waals surface area (Å²) in [5.41, 5.74) is 0. The van der Waals surface area contributed by atoms with Crippen molar-refractivity contribution in [1.29, 1.82) is 0 Å². The second-order valence-electron chi connectivity index (χ2n) is 4.47. The predicted molar refractivity (Wildman–Crippen MR) is 51.3 cm³/mol. The average molecular weight is 356 g/mol. The van der Waals surface area contributed by atoms with Crippen LogP contribution in [0.15, 0.2) is 0 Å². The molecule has 0 bridgehead atoms. The van der Waals surface area contributed by atoms with E-state index in [0.29, 0.717) is 0 Å². The van der Waals surface area contributed by atoms with E-state index in [2.05, 4.69) is 4.74 Å². The van der Waals surface area contributed by atoms with Crippen molar-refractivity contribution in [1.82, 2.24) is 0 Å². The van der Waals surface area contributed by atoms with Gasteiger partial charge in [0.2, 0.25) is 0 Å². The Morgan fingerprint density at radius 1 is 0.955 bits per heavy atom. The number of halogens is 11. The quantitative estimate of drug-likeness (QED) is 0.628. The number of hydrogen-bond acceptors (Lipinski definition) is 1. The molecule has 0 aromatic heterocycles. The highest BCUT2D eigenvalue weighted by atomic mass is 19.4. The normalized spacial score (nSPS) is 24.4. The van der Waals surface area contributed by atoms with Gasteiger partial charge in [-0.2, -0.15) is 22.0 Å². The molecular weight excluding hydrogens is 345 g/mol. The van der Waals surface area contributed by atoms with Crippen LogP contribution in [-0.2, 0) is 4.74 Å². The summed E-state index contributed by atoms with van der Waals surface area (Å²) in [6.45, 7) is -1.94. The Bertz CT molecular complexity index is 338. The maximum atomic E-state index is 12.2. The Labute approximate surface area is 117 Å². The molecule has 1 saturated carbocycles. The fourth-order valence-corrected chi connectivity index (χ4v) is 1.38. The highest BCUT2D eigenvalue weighted by Crippen LogP contribution is 2.43. The van der Waals surface area contributed by atoms with E-state index in [0.717, 1.165) is 0 Å². The lowest BCUT2D eigenvalue weighted by Gasteiger charge is -2.30. The fraction of sp³-hybridized carbons (Fsp3) is 1.00. The van der Waals surface area contributed by atoms with Crippen LogP contribution in [0.4, 0.5) is 48.3 Å². The summed E-state index contributed by atoms with van der Waals surface area (Å²) in [6.07, 6.45) is -18.0. The van der Waals surface area contributed by atoms with Gasteiger partial charge in [0.15, 0.2) is 13.0 Å². The molecule has 1 unspecified atom stereocenters. The fourth-order valence-electron chi connectivity index (χ4n) is 1.38. The molecule has 0 heterocycles. The molecule has 1 nitrogen and oxygen atoms in total. The van der Waals surface area contributed by atoms with E-state index < -0.39 is 62.8 Å². The minimum atomic E-state index is -5.06. The zero-order chi connectivity index (χ0) is 17.8. The van der Waals surface area contributed by atoms with Crippen molar-refractivity contribution in [2.75, 3.05) is 6.86 Å². The Morgan fingerprint density at radius 2 is 1.45 bits per heavy atom. The van der Waals surface area contributed by atoms with Crippen LogP contribution in [0.2, 0.25) is 0 Å². The molecule has 0 N–H and O–H groups in total. The minimum absolute atomic E-state index is 0.916. The first-order chi connectivity index (χ1) is 9.60. The van der Waals surface area contributed by atoms with Crippen molar-refractivity contribution < 1.29 is 53.0 Å². The minimum Gasteiger partial charge on any atom is -0.288 e. The van der Waals surface area contributed by atoms with Gasteiger partial charge in [0.25, 0.3) is 11.8 Å². The van der Waals surface area contributed by atoms with Crippen molar-refractivity contribution >= 4 is 0 Å². The Hall–Kier alpha value is -0.810. The molecule has 12 heteroatoms. The van der Waals surface area contributed by atoms with Gasteiger partial charge in [-0.3, -0.25) is 4.74 Å². The van der Waals surface area contributed by atoms with Crippen molar-refractivity contribution in [2.24, 2.45) is 0 Å². The average Bonchev–Trinajstić information content (AvgIpc) is 2.21. The Balaban J connectivity index is 0.000000401.